The SMILES string of the molecule is CCc1nc(C)nc(CCN)c1C. The van der Waals surface area contributed by atoms with Crippen LogP contribution in [0.3, 0.4) is 0 Å². The molecule has 0 aliphatic rings. The molecule has 13 heavy (non-hydrogen) atoms. The number of nitrogens with zero attached hydrogens (tertiary/aromatic N) is 2. The van der Waals surface area contributed by atoms with Crippen LogP contribution in [0.15, 0.2) is 0 Å². The predicted octanol–water partition coefficient (Wildman–Crippen LogP) is 1.16. The summed E-state index contributed by atoms with van der Waals surface area (Å²) in [6, 6.07) is 0. The number of rotatable bonds is 3. The van der Waals surface area contributed by atoms with Crippen LogP contribution in [-0.2, 0) is 12.8 Å². The summed E-state index contributed by atoms with van der Waals surface area (Å²) in [6.45, 7) is 6.77. The summed E-state index contributed by atoms with van der Waals surface area (Å²) in [6.07, 6.45) is 1.81. The predicted molar refractivity (Wildman–Crippen MR) is 53.6 cm³/mol. The zero-order valence-electron chi connectivity index (χ0n) is 8.59. The van der Waals surface area contributed by atoms with Gasteiger partial charge < -0.3 is 5.73 Å². The highest BCUT2D eigenvalue weighted by Gasteiger charge is 2.06. The lowest BCUT2D eigenvalue weighted by molar-refractivity contribution is 0.838. The number of aryl methyl sites for hydroxylation is 2. The van der Waals surface area contributed by atoms with E-state index in [0.717, 1.165) is 30.1 Å². The Morgan fingerprint density at radius 3 is 2.31 bits per heavy atom. The minimum Gasteiger partial charge on any atom is -0.330 e. The van der Waals surface area contributed by atoms with E-state index in [-0.39, 0.29) is 0 Å². The monoisotopic (exact) mass is 179 g/mol. The summed E-state index contributed by atoms with van der Waals surface area (Å²) in [4.78, 5) is 8.76. The van der Waals surface area contributed by atoms with Crippen LogP contribution in [-0.4, -0.2) is 16.5 Å². The molecule has 0 saturated carbocycles. The van der Waals surface area contributed by atoms with Gasteiger partial charge in [-0.25, -0.2) is 9.97 Å². The maximum Gasteiger partial charge on any atom is 0.125 e. The molecule has 0 atom stereocenters. The molecule has 72 valence electrons. The Bertz CT molecular complexity index is 294. The van der Waals surface area contributed by atoms with Crippen molar-refractivity contribution in [2.75, 3.05) is 6.54 Å². The van der Waals surface area contributed by atoms with Crippen molar-refractivity contribution in [3.05, 3.63) is 22.8 Å². The fraction of sp³-hybridized carbons (Fsp3) is 0.600. The number of hydrogen-bond donors (Lipinski definition) is 1. The minimum absolute atomic E-state index is 0.653. The van der Waals surface area contributed by atoms with Crippen molar-refractivity contribution in [2.45, 2.75) is 33.6 Å². The summed E-state index contributed by atoms with van der Waals surface area (Å²) in [7, 11) is 0. The first-order chi connectivity index (χ1) is 6.19. The first-order valence-corrected chi connectivity index (χ1v) is 4.72. The molecule has 2 N–H and O–H groups in total. The van der Waals surface area contributed by atoms with Gasteiger partial charge in [0.15, 0.2) is 0 Å². The third-order valence-electron chi connectivity index (χ3n) is 2.18. The van der Waals surface area contributed by atoms with Crippen molar-refractivity contribution < 1.29 is 0 Å². The summed E-state index contributed by atoms with van der Waals surface area (Å²) >= 11 is 0. The molecule has 0 unspecified atom stereocenters. The van der Waals surface area contributed by atoms with Crippen LogP contribution >= 0.6 is 0 Å². The Morgan fingerprint density at radius 2 is 1.77 bits per heavy atom. The van der Waals surface area contributed by atoms with Crippen molar-refractivity contribution in [1.29, 1.82) is 0 Å². The topological polar surface area (TPSA) is 51.8 Å². The molecule has 0 saturated heterocycles. The maximum atomic E-state index is 5.51. The van der Waals surface area contributed by atoms with E-state index in [1.54, 1.807) is 0 Å². The molecule has 1 rings (SSSR count). The van der Waals surface area contributed by atoms with E-state index in [4.69, 9.17) is 5.73 Å². The highest BCUT2D eigenvalue weighted by molar-refractivity contribution is 5.24. The van der Waals surface area contributed by atoms with E-state index in [0.29, 0.717) is 6.54 Å². The average Bonchev–Trinajstić information content (AvgIpc) is 2.11. The van der Waals surface area contributed by atoms with Gasteiger partial charge in [0.05, 0.1) is 0 Å². The normalized spacial score (nSPS) is 10.5. The smallest absolute Gasteiger partial charge is 0.125 e. The molecule has 0 amide bonds. The van der Waals surface area contributed by atoms with Crippen LogP contribution in [0, 0.1) is 13.8 Å². The lowest BCUT2D eigenvalue weighted by Gasteiger charge is -2.08. The fourth-order valence-electron chi connectivity index (χ4n) is 1.47. The van der Waals surface area contributed by atoms with Gasteiger partial charge in [0.25, 0.3) is 0 Å². The van der Waals surface area contributed by atoms with E-state index in [1.807, 2.05) is 6.92 Å². The van der Waals surface area contributed by atoms with Crippen LogP contribution < -0.4 is 5.73 Å². The average molecular weight is 179 g/mol. The second kappa shape index (κ2) is 4.33. The largest absolute Gasteiger partial charge is 0.330 e. The molecule has 0 bridgehead atoms. The van der Waals surface area contributed by atoms with E-state index < -0.39 is 0 Å². The van der Waals surface area contributed by atoms with Crippen LogP contribution in [0.1, 0.15) is 29.7 Å². The van der Waals surface area contributed by atoms with Gasteiger partial charge in [0, 0.05) is 17.8 Å². The summed E-state index contributed by atoms with van der Waals surface area (Å²) in [5.74, 6) is 0.853. The lowest BCUT2D eigenvalue weighted by atomic mass is 10.1. The Kier molecular flexibility index (Phi) is 3.37. The van der Waals surface area contributed by atoms with E-state index in [2.05, 4.69) is 23.8 Å². The highest BCUT2D eigenvalue weighted by atomic mass is 14.9. The molecule has 0 fully saturated rings. The van der Waals surface area contributed by atoms with E-state index >= 15 is 0 Å². The van der Waals surface area contributed by atoms with Crippen molar-refractivity contribution in [2.24, 2.45) is 5.73 Å². The highest BCUT2D eigenvalue weighted by Crippen LogP contribution is 2.10. The summed E-state index contributed by atoms with van der Waals surface area (Å²) < 4.78 is 0. The van der Waals surface area contributed by atoms with Gasteiger partial charge in [-0.15, -0.1) is 0 Å². The van der Waals surface area contributed by atoms with Crippen LogP contribution in [0.5, 0.6) is 0 Å². The molecule has 1 aromatic rings. The summed E-state index contributed by atoms with van der Waals surface area (Å²) in [5, 5.41) is 0. The van der Waals surface area contributed by atoms with Crippen LogP contribution in [0.4, 0.5) is 0 Å². The zero-order valence-corrected chi connectivity index (χ0v) is 8.59. The van der Waals surface area contributed by atoms with Gasteiger partial charge >= 0.3 is 0 Å². The molecule has 1 aromatic heterocycles. The maximum absolute atomic E-state index is 5.51. The Balaban J connectivity index is 3.11. The molecule has 0 aromatic carbocycles. The molecular weight excluding hydrogens is 162 g/mol. The first kappa shape index (κ1) is 10.1. The number of nitrogens with two attached hydrogens (primary N) is 1. The zero-order chi connectivity index (χ0) is 9.84. The van der Waals surface area contributed by atoms with Crippen molar-refractivity contribution in [1.82, 2.24) is 9.97 Å². The van der Waals surface area contributed by atoms with Gasteiger partial charge in [0.2, 0.25) is 0 Å². The van der Waals surface area contributed by atoms with Crippen molar-refractivity contribution in [3.8, 4) is 0 Å². The molecule has 3 nitrogen and oxygen atoms in total. The summed E-state index contributed by atoms with van der Waals surface area (Å²) in [5.41, 5.74) is 8.97. The molecule has 0 radical (unpaired) electrons. The van der Waals surface area contributed by atoms with E-state index in [9.17, 15) is 0 Å². The van der Waals surface area contributed by atoms with E-state index in [1.165, 1.54) is 5.56 Å². The van der Waals surface area contributed by atoms with Crippen molar-refractivity contribution >= 4 is 0 Å². The molecular formula is C10H17N3. The first-order valence-electron chi connectivity index (χ1n) is 4.72. The second-order valence-corrected chi connectivity index (χ2v) is 3.18. The van der Waals surface area contributed by atoms with Gasteiger partial charge in [-0.3, -0.25) is 0 Å². The number of aromatic nitrogens is 2. The van der Waals surface area contributed by atoms with Gasteiger partial charge in [-0.2, -0.15) is 0 Å². The van der Waals surface area contributed by atoms with Gasteiger partial charge in [0.1, 0.15) is 5.82 Å². The molecule has 0 spiro atoms. The molecule has 0 aliphatic carbocycles. The van der Waals surface area contributed by atoms with Gasteiger partial charge in [-0.1, -0.05) is 6.92 Å². The Labute approximate surface area is 79.4 Å². The molecule has 3 heteroatoms. The minimum atomic E-state index is 0.653. The second-order valence-electron chi connectivity index (χ2n) is 3.18. The molecule has 1 heterocycles. The molecule has 0 aliphatic heterocycles. The number of hydrogen-bond acceptors (Lipinski definition) is 3. The van der Waals surface area contributed by atoms with Crippen LogP contribution in [0.2, 0.25) is 0 Å². The Hall–Kier alpha value is -0.960. The van der Waals surface area contributed by atoms with Gasteiger partial charge in [-0.05, 0) is 32.4 Å². The quantitative estimate of drug-likeness (QED) is 0.757. The van der Waals surface area contributed by atoms with Crippen molar-refractivity contribution in [3.63, 3.8) is 0 Å². The fourth-order valence-corrected chi connectivity index (χ4v) is 1.47. The van der Waals surface area contributed by atoms with Crippen LogP contribution in [0.25, 0.3) is 0 Å². The Morgan fingerprint density at radius 1 is 1.15 bits per heavy atom. The third kappa shape index (κ3) is 2.25. The lowest BCUT2D eigenvalue weighted by Crippen LogP contribution is -2.10. The standard InChI is InChI=1S/C10H17N3/c1-4-9-7(2)10(5-6-11)13-8(3)12-9/h4-6,11H2,1-3H3. The third-order valence-corrected chi connectivity index (χ3v) is 2.18.